The summed E-state index contributed by atoms with van der Waals surface area (Å²) in [5.74, 6) is -0.191. The molecule has 132 valence electrons. The average molecular weight is 344 g/mol. The molecule has 0 atom stereocenters. The molecule has 1 amide bonds. The van der Waals surface area contributed by atoms with Crippen LogP contribution in [-0.2, 0) is 11.3 Å². The van der Waals surface area contributed by atoms with E-state index in [-0.39, 0.29) is 23.8 Å². The largest absolute Gasteiger partial charge is 0.326 e. The van der Waals surface area contributed by atoms with Gasteiger partial charge in [0.05, 0.1) is 4.92 Å². The summed E-state index contributed by atoms with van der Waals surface area (Å²) < 4.78 is 1.56. The SMILES string of the molecule is CC(=O)c1ccc(NC(=O)CCCn2nc(C)c([N+](=O)[O-])c2C)cc1. The second-order valence-electron chi connectivity index (χ2n) is 5.78. The van der Waals surface area contributed by atoms with Gasteiger partial charge in [-0.3, -0.25) is 24.4 Å². The van der Waals surface area contributed by atoms with Crippen LogP contribution in [0, 0.1) is 24.0 Å². The third-order valence-corrected chi connectivity index (χ3v) is 3.87. The Morgan fingerprint density at radius 1 is 1.24 bits per heavy atom. The van der Waals surface area contributed by atoms with E-state index in [9.17, 15) is 19.7 Å². The predicted molar refractivity (Wildman–Crippen MR) is 92.7 cm³/mol. The predicted octanol–water partition coefficient (Wildman–Crippen LogP) is 3.03. The van der Waals surface area contributed by atoms with Crippen molar-refractivity contribution in [3.05, 3.63) is 51.3 Å². The Bertz CT molecular complexity index is 809. The monoisotopic (exact) mass is 344 g/mol. The summed E-state index contributed by atoms with van der Waals surface area (Å²) in [6.07, 6.45) is 0.775. The van der Waals surface area contributed by atoms with Crippen molar-refractivity contribution in [2.75, 3.05) is 5.32 Å². The Balaban J connectivity index is 1.87. The minimum atomic E-state index is -0.439. The Hall–Kier alpha value is -3.03. The number of ketones is 1. The first-order valence-corrected chi connectivity index (χ1v) is 7.89. The van der Waals surface area contributed by atoms with Crippen molar-refractivity contribution >= 4 is 23.1 Å². The van der Waals surface area contributed by atoms with Gasteiger partial charge in [0.15, 0.2) is 5.78 Å². The van der Waals surface area contributed by atoms with Crippen LogP contribution in [0.15, 0.2) is 24.3 Å². The van der Waals surface area contributed by atoms with E-state index in [1.807, 2.05) is 0 Å². The molecule has 2 aromatic rings. The topological polar surface area (TPSA) is 107 Å². The molecule has 0 bridgehead atoms. The highest BCUT2D eigenvalue weighted by atomic mass is 16.6. The number of amides is 1. The Morgan fingerprint density at radius 3 is 2.40 bits per heavy atom. The minimum absolute atomic E-state index is 0.0232. The maximum atomic E-state index is 12.0. The Labute approximate surface area is 145 Å². The first-order valence-electron chi connectivity index (χ1n) is 7.89. The Kier molecular flexibility index (Phi) is 5.63. The number of hydrogen-bond acceptors (Lipinski definition) is 5. The summed E-state index contributed by atoms with van der Waals surface area (Å²) in [5, 5.41) is 17.9. The summed E-state index contributed by atoms with van der Waals surface area (Å²) >= 11 is 0. The molecule has 8 nitrogen and oxygen atoms in total. The summed E-state index contributed by atoms with van der Waals surface area (Å²) in [4.78, 5) is 33.7. The van der Waals surface area contributed by atoms with Crippen molar-refractivity contribution in [1.29, 1.82) is 0 Å². The van der Waals surface area contributed by atoms with Crippen molar-refractivity contribution in [3.63, 3.8) is 0 Å². The summed E-state index contributed by atoms with van der Waals surface area (Å²) in [7, 11) is 0. The Morgan fingerprint density at radius 2 is 1.88 bits per heavy atom. The molecule has 0 fully saturated rings. The van der Waals surface area contributed by atoms with Crippen molar-refractivity contribution < 1.29 is 14.5 Å². The van der Waals surface area contributed by atoms with Gasteiger partial charge < -0.3 is 5.32 Å². The first-order chi connectivity index (χ1) is 11.8. The highest BCUT2D eigenvalue weighted by Gasteiger charge is 2.21. The zero-order chi connectivity index (χ0) is 18.6. The molecule has 0 aliphatic heterocycles. The number of benzene rings is 1. The lowest BCUT2D eigenvalue weighted by Crippen LogP contribution is -2.13. The van der Waals surface area contributed by atoms with Gasteiger partial charge in [0, 0.05) is 24.2 Å². The van der Waals surface area contributed by atoms with Crippen molar-refractivity contribution in [1.82, 2.24) is 9.78 Å². The van der Waals surface area contributed by atoms with Crippen LogP contribution in [0.25, 0.3) is 0 Å². The molecule has 25 heavy (non-hydrogen) atoms. The fourth-order valence-electron chi connectivity index (χ4n) is 2.57. The third kappa shape index (κ3) is 4.50. The van der Waals surface area contributed by atoms with Gasteiger partial charge in [-0.25, -0.2) is 0 Å². The number of anilines is 1. The molecule has 1 aromatic carbocycles. The maximum Gasteiger partial charge on any atom is 0.312 e. The summed E-state index contributed by atoms with van der Waals surface area (Å²) in [6.45, 7) is 5.15. The number of carbonyl (C=O) groups excluding carboxylic acids is 2. The molecule has 0 spiro atoms. The van der Waals surface area contributed by atoms with Gasteiger partial charge in [0.2, 0.25) is 5.91 Å². The second-order valence-corrected chi connectivity index (χ2v) is 5.78. The lowest BCUT2D eigenvalue weighted by Gasteiger charge is -2.06. The van der Waals surface area contributed by atoms with Gasteiger partial charge in [0.1, 0.15) is 11.4 Å². The zero-order valence-electron chi connectivity index (χ0n) is 14.4. The van der Waals surface area contributed by atoms with Crippen LogP contribution in [0.4, 0.5) is 11.4 Å². The number of nitro groups is 1. The number of aryl methyl sites for hydroxylation is 2. The lowest BCUT2D eigenvalue weighted by atomic mass is 10.1. The molecule has 0 radical (unpaired) electrons. The minimum Gasteiger partial charge on any atom is -0.326 e. The quantitative estimate of drug-likeness (QED) is 0.472. The molecule has 0 saturated heterocycles. The van der Waals surface area contributed by atoms with Crippen molar-refractivity contribution in [2.45, 2.75) is 40.2 Å². The van der Waals surface area contributed by atoms with Crippen LogP contribution in [0.1, 0.15) is 41.5 Å². The number of Topliss-reactive ketones (excluding diaryl/α,β-unsaturated/α-hetero) is 1. The molecule has 0 saturated carbocycles. The third-order valence-electron chi connectivity index (χ3n) is 3.87. The molecule has 8 heteroatoms. The second kappa shape index (κ2) is 7.69. The van der Waals surface area contributed by atoms with Crippen LogP contribution < -0.4 is 5.32 Å². The molecule has 0 unspecified atom stereocenters. The highest BCUT2D eigenvalue weighted by Crippen LogP contribution is 2.22. The number of carbonyl (C=O) groups is 2. The van der Waals surface area contributed by atoms with Gasteiger partial charge in [0.25, 0.3) is 0 Å². The smallest absolute Gasteiger partial charge is 0.312 e. The highest BCUT2D eigenvalue weighted by molar-refractivity contribution is 5.95. The van der Waals surface area contributed by atoms with Gasteiger partial charge >= 0.3 is 5.69 Å². The molecule has 2 rings (SSSR count). The fraction of sp³-hybridized carbons (Fsp3) is 0.353. The van der Waals surface area contributed by atoms with E-state index in [4.69, 9.17) is 0 Å². The molecular weight excluding hydrogens is 324 g/mol. The molecule has 0 aliphatic rings. The summed E-state index contributed by atoms with van der Waals surface area (Å²) in [6, 6.07) is 6.68. The molecule has 0 aliphatic carbocycles. The lowest BCUT2D eigenvalue weighted by molar-refractivity contribution is -0.386. The number of rotatable bonds is 7. The number of aromatic nitrogens is 2. The van der Waals surface area contributed by atoms with Crippen LogP contribution in [0.5, 0.6) is 0 Å². The maximum absolute atomic E-state index is 12.0. The van der Waals surface area contributed by atoms with Gasteiger partial charge in [-0.1, -0.05) is 0 Å². The van der Waals surface area contributed by atoms with Crippen LogP contribution in [0.3, 0.4) is 0 Å². The van der Waals surface area contributed by atoms with E-state index in [0.29, 0.717) is 35.6 Å². The fourth-order valence-corrected chi connectivity index (χ4v) is 2.57. The van der Waals surface area contributed by atoms with E-state index in [0.717, 1.165) is 0 Å². The van der Waals surface area contributed by atoms with Crippen LogP contribution >= 0.6 is 0 Å². The van der Waals surface area contributed by atoms with E-state index >= 15 is 0 Å². The van der Waals surface area contributed by atoms with Crippen LogP contribution in [0.2, 0.25) is 0 Å². The van der Waals surface area contributed by atoms with Crippen molar-refractivity contribution in [2.24, 2.45) is 0 Å². The number of nitrogens with zero attached hydrogens (tertiary/aromatic N) is 3. The number of hydrogen-bond donors (Lipinski definition) is 1. The molecular formula is C17H20N4O4. The van der Waals surface area contributed by atoms with Gasteiger partial charge in [-0.15, -0.1) is 0 Å². The standard InChI is InChI=1S/C17H20N4O4/c1-11-17(21(24)25)12(2)20(19-11)10-4-5-16(23)18-15-8-6-14(7-9-15)13(3)22/h6-9H,4-5,10H2,1-3H3,(H,18,23). The van der Waals surface area contributed by atoms with Crippen LogP contribution in [-0.4, -0.2) is 26.4 Å². The number of nitrogens with one attached hydrogen (secondary N) is 1. The summed E-state index contributed by atoms with van der Waals surface area (Å²) in [5.41, 5.74) is 2.09. The average Bonchev–Trinajstić information content (AvgIpc) is 2.82. The zero-order valence-corrected chi connectivity index (χ0v) is 14.4. The van der Waals surface area contributed by atoms with Gasteiger partial charge in [-0.05, 0) is 51.5 Å². The van der Waals surface area contributed by atoms with E-state index in [1.165, 1.54) is 6.92 Å². The van der Waals surface area contributed by atoms with E-state index < -0.39 is 4.92 Å². The normalized spacial score (nSPS) is 10.5. The van der Waals surface area contributed by atoms with E-state index in [2.05, 4.69) is 10.4 Å². The molecule has 1 aromatic heterocycles. The van der Waals surface area contributed by atoms with Crippen molar-refractivity contribution in [3.8, 4) is 0 Å². The van der Waals surface area contributed by atoms with E-state index in [1.54, 1.807) is 42.8 Å². The van der Waals surface area contributed by atoms with Gasteiger partial charge in [-0.2, -0.15) is 5.10 Å². The molecule has 1 heterocycles. The first kappa shape index (κ1) is 18.3. The molecule has 1 N–H and O–H groups in total.